The molecular weight excluding hydrogens is 862 g/mol. The van der Waals surface area contributed by atoms with Crippen molar-refractivity contribution in [3.05, 3.63) is 35.9 Å². The van der Waals surface area contributed by atoms with Crippen LogP contribution in [-0.2, 0) is 64.0 Å². The molecule has 24 heteroatoms. The molecule has 7 amide bonds. The molecule has 0 saturated heterocycles. The third-order valence-corrected chi connectivity index (χ3v) is 9.29. The summed E-state index contributed by atoms with van der Waals surface area (Å²) in [5.74, 6) is -17.0. The van der Waals surface area contributed by atoms with Crippen LogP contribution in [-0.4, -0.2) is 139 Å². The highest BCUT2D eigenvalue weighted by Gasteiger charge is 2.36. The van der Waals surface area contributed by atoms with E-state index in [9.17, 15) is 78.0 Å². The van der Waals surface area contributed by atoms with Gasteiger partial charge in [0.2, 0.25) is 41.4 Å². The zero-order valence-corrected chi connectivity index (χ0v) is 36.7. The standard InChI is InChI=1S/C41H59N7O17/c1-19(2)12-24(43-35(58)22(6)42-34(57)21(5)14-30(49)50)36(59)45-27(17-32(53)54)39(62)47-26(16-31(51)52)38(61)44-25(15-23-10-8-7-9-11-23)37(60)46-28(18-33(55)56)40(63)48-29(41(64)65)13-20(3)4/h7-11,19-22,24-29H,12-18H2,1-6H3,(H,42,57)(H,43,58)(H,44,61)(H,45,59)(H,46,60)(H,47,62)(H,48,63)(H,49,50)(H,51,52)(H,53,54)(H,55,56)(H,64,65). The molecule has 8 unspecified atom stereocenters. The maximum Gasteiger partial charge on any atom is 0.326 e. The number of hydrogen-bond acceptors (Lipinski definition) is 12. The number of rotatable bonds is 29. The minimum absolute atomic E-state index is 0.0529. The maximum absolute atomic E-state index is 13.8. The molecule has 0 bridgehead atoms. The predicted molar refractivity (Wildman–Crippen MR) is 224 cm³/mol. The number of carbonyl (C=O) groups is 12. The van der Waals surface area contributed by atoms with E-state index in [1.165, 1.54) is 26.0 Å². The predicted octanol–water partition coefficient (Wildman–Crippen LogP) is -1.65. The van der Waals surface area contributed by atoms with Gasteiger partial charge in [0.05, 0.1) is 25.7 Å². The molecular formula is C41H59N7O17. The highest BCUT2D eigenvalue weighted by atomic mass is 16.4. The highest BCUT2D eigenvalue weighted by Crippen LogP contribution is 2.11. The molecule has 0 aliphatic carbocycles. The third kappa shape index (κ3) is 21.7. The zero-order chi connectivity index (χ0) is 49.7. The summed E-state index contributed by atoms with van der Waals surface area (Å²) in [6.07, 6.45) is -4.35. The van der Waals surface area contributed by atoms with E-state index >= 15 is 0 Å². The van der Waals surface area contributed by atoms with E-state index in [-0.39, 0.29) is 31.1 Å². The Bertz CT molecular complexity index is 1910. The summed E-state index contributed by atoms with van der Waals surface area (Å²) < 4.78 is 0. The molecule has 24 nitrogen and oxygen atoms in total. The second-order valence-corrected chi connectivity index (χ2v) is 16.2. The largest absolute Gasteiger partial charge is 0.481 e. The molecule has 0 aromatic heterocycles. The molecule has 12 N–H and O–H groups in total. The summed E-state index contributed by atoms with van der Waals surface area (Å²) >= 11 is 0. The Hall–Kier alpha value is -7.14. The van der Waals surface area contributed by atoms with Crippen molar-refractivity contribution in [1.82, 2.24) is 37.2 Å². The van der Waals surface area contributed by atoms with E-state index in [0.29, 0.717) is 5.56 Å². The van der Waals surface area contributed by atoms with E-state index < -0.39 is 145 Å². The zero-order valence-electron chi connectivity index (χ0n) is 36.7. The van der Waals surface area contributed by atoms with Crippen molar-refractivity contribution in [2.75, 3.05) is 0 Å². The summed E-state index contributed by atoms with van der Waals surface area (Å²) in [6.45, 7) is 9.25. The van der Waals surface area contributed by atoms with Crippen molar-refractivity contribution in [2.45, 2.75) is 129 Å². The summed E-state index contributed by atoms with van der Waals surface area (Å²) in [4.78, 5) is 152. The van der Waals surface area contributed by atoms with Gasteiger partial charge >= 0.3 is 29.8 Å². The fourth-order valence-corrected chi connectivity index (χ4v) is 6.04. The molecule has 1 rings (SSSR count). The fraction of sp³-hybridized carbons (Fsp3) is 0.561. The van der Waals surface area contributed by atoms with Gasteiger partial charge in [-0.2, -0.15) is 0 Å². The average molecular weight is 922 g/mol. The van der Waals surface area contributed by atoms with E-state index in [2.05, 4.69) is 37.2 Å². The number of carboxylic acids is 5. The Morgan fingerprint density at radius 1 is 0.400 bits per heavy atom. The van der Waals surface area contributed by atoms with Crippen LogP contribution in [0.2, 0.25) is 0 Å². The molecule has 0 radical (unpaired) electrons. The van der Waals surface area contributed by atoms with Gasteiger partial charge in [0, 0.05) is 12.3 Å². The summed E-state index contributed by atoms with van der Waals surface area (Å²) in [7, 11) is 0. The molecule has 8 atom stereocenters. The van der Waals surface area contributed by atoms with Gasteiger partial charge in [-0.15, -0.1) is 0 Å². The number of nitrogens with one attached hydrogen (secondary N) is 7. The first kappa shape index (κ1) is 55.9. The van der Waals surface area contributed by atoms with Crippen molar-refractivity contribution in [1.29, 1.82) is 0 Å². The number of aliphatic carboxylic acids is 5. The fourth-order valence-electron chi connectivity index (χ4n) is 6.04. The van der Waals surface area contributed by atoms with Gasteiger partial charge in [0.1, 0.15) is 42.3 Å². The maximum atomic E-state index is 13.8. The minimum atomic E-state index is -2.07. The molecule has 0 aliphatic rings. The van der Waals surface area contributed by atoms with Crippen LogP contribution >= 0.6 is 0 Å². The number of carbonyl (C=O) groups excluding carboxylic acids is 7. The molecule has 65 heavy (non-hydrogen) atoms. The van der Waals surface area contributed by atoms with Crippen LogP contribution in [0.25, 0.3) is 0 Å². The summed E-state index contributed by atoms with van der Waals surface area (Å²) in [6, 6.07) is -4.04. The molecule has 0 fully saturated rings. The van der Waals surface area contributed by atoms with Crippen molar-refractivity contribution >= 4 is 71.2 Å². The van der Waals surface area contributed by atoms with Crippen molar-refractivity contribution in [2.24, 2.45) is 17.8 Å². The number of carboxylic acid groups (broad SMARTS) is 5. The lowest BCUT2D eigenvalue weighted by molar-refractivity contribution is -0.144. The van der Waals surface area contributed by atoms with Gasteiger partial charge in [-0.25, -0.2) is 4.79 Å². The van der Waals surface area contributed by atoms with Crippen LogP contribution in [0.3, 0.4) is 0 Å². The molecule has 0 aliphatic heterocycles. The van der Waals surface area contributed by atoms with Crippen LogP contribution in [0.1, 0.15) is 85.6 Å². The first-order chi connectivity index (χ1) is 30.2. The number of hydrogen-bond donors (Lipinski definition) is 12. The molecule has 0 spiro atoms. The first-order valence-electron chi connectivity index (χ1n) is 20.5. The van der Waals surface area contributed by atoms with Gasteiger partial charge in [-0.05, 0) is 37.2 Å². The van der Waals surface area contributed by atoms with Crippen molar-refractivity contribution in [3.63, 3.8) is 0 Å². The molecule has 1 aromatic carbocycles. The Morgan fingerprint density at radius 3 is 1.12 bits per heavy atom. The van der Waals surface area contributed by atoms with Crippen LogP contribution in [0.5, 0.6) is 0 Å². The topological polar surface area (TPSA) is 390 Å². The van der Waals surface area contributed by atoms with Crippen LogP contribution in [0.4, 0.5) is 0 Å². The van der Waals surface area contributed by atoms with E-state index in [0.717, 1.165) is 0 Å². The van der Waals surface area contributed by atoms with Crippen LogP contribution < -0.4 is 37.2 Å². The average Bonchev–Trinajstić information content (AvgIpc) is 3.18. The lowest BCUT2D eigenvalue weighted by atomic mass is 10.0. The monoisotopic (exact) mass is 921 g/mol. The van der Waals surface area contributed by atoms with E-state index in [1.807, 2.05) is 0 Å². The van der Waals surface area contributed by atoms with Gasteiger partial charge in [0.15, 0.2) is 0 Å². The lowest BCUT2D eigenvalue weighted by Crippen LogP contribution is -2.60. The minimum Gasteiger partial charge on any atom is -0.481 e. The van der Waals surface area contributed by atoms with Crippen molar-refractivity contribution < 1.29 is 83.1 Å². The van der Waals surface area contributed by atoms with E-state index in [4.69, 9.17) is 5.11 Å². The van der Waals surface area contributed by atoms with Crippen molar-refractivity contribution in [3.8, 4) is 0 Å². The molecule has 0 saturated carbocycles. The SMILES string of the molecule is CC(C)CC(NC(=O)C(CC(=O)O)NC(=O)C(Cc1ccccc1)NC(=O)C(CC(=O)O)NC(=O)C(CC(=O)O)NC(=O)C(CC(C)C)NC(=O)C(C)NC(=O)C(C)CC(=O)O)C(=O)O. The third-order valence-electron chi connectivity index (χ3n) is 9.29. The van der Waals surface area contributed by atoms with Gasteiger partial charge < -0.3 is 62.8 Å². The lowest BCUT2D eigenvalue weighted by Gasteiger charge is -2.27. The molecule has 360 valence electrons. The Labute approximate surface area is 373 Å². The quantitative estimate of drug-likeness (QED) is 0.0428. The van der Waals surface area contributed by atoms with Gasteiger partial charge in [-0.3, -0.25) is 52.7 Å². The van der Waals surface area contributed by atoms with E-state index in [1.54, 1.807) is 45.9 Å². The van der Waals surface area contributed by atoms with Gasteiger partial charge in [-0.1, -0.05) is 65.0 Å². The normalized spacial score (nSPS) is 14.6. The Morgan fingerprint density at radius 2 is 0.738 bits per heavy atom. The Kier molecular flexibility index (Phi) is 23.3. The van der Waals surface area contributed by atoms with Crippen LogP contribution in [0.15, 0.2) is 30.3 Å². The second kappa shape index (κ2) is 27.1. The first-order valence-corrected chi connectivity index (χ1v) is 20.5. The van der Waals surface area contributed by atoms with Gasteiger partial charge in [0.25, 0.3) is 0 Å². The number of benzene rings is 1. The summed E-state index contributed by atoms with van der Waals surface area (Å²) in [5, 5.41) is 63.0. The summed E-state index contributed by atoms with van der Waals surface area (Å²) in [5.41, 5.74) is 0.394. The molecule has 0 heterocycles. The second-order valence-electron chi connectivity index (χ2n) is 16.2. The number of amides is 7. The Balaban J connectivity index is 3.45. The van der Waals surface area contributed by atoms with Crippen LogP contribution in [0, 0.1) is 17.8 Å². The highest BCUT2D eigenvalue weighted by molar-refractivity contribution is 5.99. The smallest absolute Gasteiger partial charge is 0.326 e. The molecule has 1 aromatic rings.